The highest BCUT2D eigenvalue weighted by Crippen LogP contribution is 2.37. The maximum atomic E-state index is 5.70. The van der Waals surface area contributed by atoms with E-state index in [0.717, 1.165) is 12.8 Å². The Hall–Kier alpha value is -0.120. The van der Waals surface area contributed by atoms with E-state index in [-0.39, 0.29) is 5.60 Å². The summed E-state index contributed by atoms with van der Waals surface area (Å²) in [6, 6.07) is 0.316. The molecule has 1 aliphatic rings. The number of hydrazine groups is 1. The first-order valence-electron chi connectivity index (χ1n) is 5.75. The average molecular weight is 200 g/mol. The van der Waals surface area contributed by atoms with E-state index in [2.05, 4.69) is 19.3 Å². The Labute approximate surface area is 87.4 Å². The highest BCUT2D eigenvalue weighted by atomic mass is 16.5. The van der Waals surface area contributed by atoms with Crippen LogP contribution < -0.4 is 11.3 Å². The van der Waals surface area contributed by atoms with Gasteiger partial charge in [-0.1, -0.05) is 20.3 Å². The van der Waals surface area contributed by atoms with Crippen LogP contribution in [0.4, 0.5) is 0 Å². The number of methoxy groups -OCH3 is 1. The SMILES string of the molecule is CCC(CC)(OC)C(NN)C1CCC1. The minimum Gasteiger partial charge on any atom is -0.377 e. The summed E-state index contributed by atoms with van der Waals surface area (Å²) in [5.74, 6) is 6.37. The quantitative estimate of drug-likeness (QED) is 0.508. The lowest BCUT2D eigenvalue weighted by molar-refractivity contribution is -0.0728. The first-order valence-corrected chi connectivity index (χ1v) is 5.75. The summed E-state index contributed by atoms with van der Waals surface area (Å²) in [6.07, 6.45) is 5.97. The molecule has 0 aromatic heterocycles. The van der Waals surface area contributed by atoms with E-state index < -0.39 is 0 Å². The van der Waals surface area contributed by atoms with Crippen LogP contribution >= 0.6 is 0 Å². The fraction of sp³-hybridized carbons (Fsp3) is 1.00. The Morgan fingerprint density at radius 2 is 2.00 bits per heavy atom. The van der Waals surface area contributed by atoms with E-state index in [0.29, 0.717) is 12.0 Å². The fourth-order valence-electron chi connectivity index (χ4n) is 2.60. The number of hydrogen-bond donors (Lipinski definition) is 2. The number of nitrogens with one attached hydrogen (secondary N) is 1. The van der Waals surface area contributed by atoms with Crippen molar-refractivity contribution < 1.29 is 4.74 Å². The summed E-state index contributed by atoms with van der Waals surface area (Å²) in [7, 11) is 1.80. The monoisotopic (exact) mass is 200 g/mol. The molecule has 0 aromatic rings. The predicted octanol–water partition coefficient (Wildman–Crippen LogP) is 1.82. The molecule has 14 heavy (non-hydrogen) atoms. The Kier molecular flexibility index (Phi) is 4.35. The minimum absolute atomic E-state index is 0.0696. The van der Waals surface area contributed by atoms with Gasteiger partial charge in [0.15, 0.2) is 0 Å². The van der Waals surface area contributed by atoms with E-state index in [9.17, 15) is 0 Å². The zero-order valence-corrected chi connectivity index (χ0v) is 9.68. The predicted molar refractivity (Wildman–Crippen MR) is 58.8 cm³/mol. The zero-order valence-electron chi connectivity index (χ0n) is 9.68. The lowest BCUT2D eigenvalue weighted by Gasteiger charge is -2.45. The van der Waals surface area contributed by atoms with Crippen LogP contribution in [0.15, 0.2) is 0 Å². The summed E-state index contributed by atoms with van der Waals surface area (Å²) in [6.45, 7) is 4.35. The molecule has 1 atom stereocenters. The second kappa shape index (κ2) is 5.10. The molecule has 0 saturated heterocycles. The van der Waals surface area contributed by atoms with Crippen LogP contribution in [-0.2, 0) is 4.74 Å². The summed E-state index contributed by atoms with van der Waals surface area (Å²) < 4.78 is 5.70. The molecule has 84 valence electrons. The van der Waals surface area contributed by atoms with E-state index >= 15 is 0 Å². The molecule has 0 heterocycles. The van der Waals surface area contributed by atoms with E-state index in [4.69, 9.17) is 10.6 Å². The number of nitrogens with two attached hydrogens (primary N) is 1. The second-order valence-electron chi connectivity index (χ2n) is 4.31. The summed E-state index contributed by atoms with van der Waals surface area (Å²) >= 11 is 0. The molecular weight excluding hydrogens is 176 g/mol. The zero-order chi connectivity index (χ0) is 10.6. The van der Waals surface area contributed by atoms with Crippen LogP contribution in [0.25, 0.3) is 0 Å². The Bertz CT molecular complexity index is 156. The molecular formula is C11H24N2O. The Morgan fingerprint density at radius 1 is 1.43 bits per heavy atom. The normalized spacial score (nSPS) is 20.6. The van der Waals surface area contributed by atoms with Gasteiger partial charge in [0.2, 0.25) is 0 Å². The van der Waals surface area contributed by atoms with Crippen molar-refractivity contribution in [2.75, 3.05) is 7.11 Å². The third-order valence-corrected chi connectivity index (χ3v) is 3.97. The first-order chi connectivity index (χ1) is 6.74. The van der Waals surface area contributed by atoms with Gasteiger partial charge in [0, 0.05) is 7.11 Å². The summed E-state index contributed by atoms with van der Waals surface area (Å²) in [5, 5.41) is 0. The molecule has 0 aliphatic heterocycles. The second-order valence-corrected chi connectivity index (χ2v) is 4.31. The van der Waals surface area contributed by atoms with Crippen molar-refractivity contribution in [3.05, 3.63) is 0 Å². The smallest absolute Gasteiger partial charge is 0.0841 e. The van der Waals surface area contributed by atoms with Gasteiger partial charge >= 0.3 is 0 Å². The van der Waals surface area contributed by atoms with Crippen molar-refractivity contribution in [2.45, 2.75) is 57.6 Å². The van der Waals surface area contributed by atoms with Crippen LogP contribution in [0.1, 0.15) is 46.0 Å². The van der Waals surface area contributed by atoms with Gasteiger partial charge in [-0.05, 0) is 31.6 Å². The van der Waals surface area contributed by atoms with Gasteiger partial charge in [-0.15, -0.1) is 0 Å². The third kappa shape index (κ3) is 1.95. The van der Waals surface area contributed by atoms with Gasteiger partial charge in [0.05, 0.1) is 11.6 Å². The van der Waals surface area contributed by atoms with E-state index in [1.165, 1.54) is 19.3 Å². The lowest BCUT2D eigenvalue weighted by Crippen LogP contribution is -2.59. The largest absolute Gasteiger partial charge is 0.377 e. The van der Waals surface area contributed by atoms with Crippen LogP contribution in [0.3, 0.4) is 0 Å². The molecule has 0 radical (unpaired) electrons. The molecule has 3 heteroatoms. The molecule has 0 spiro atoms. The molecule has 1 fully saturated rings. The molecule has 0 aromatic carbocycles. The van der Waals surface area contributed by atoms with Crippen molar-refractivity contribution in [2.24, 2.45) is 11.8 Å². The topological polar surface area (TPSA) is 47.3 Å². The van der Waals surface area contributed by atoms with Crippen molar-refractivity contribution in [1.82, 2.24) is 5.43 Å². The Morgan fingerprint density at radius 3 is 2.21 bits per heavy atom. The van der Waals surface area contributed by atoms with Gasteiger partial charge in [-0.25, -0.2) is 0 Å². The van der Waals surface area contributed by atoms with Gasteiger partial charge < -0.3 is 4.74 Å². The minimum atomic E-state index is -0.0696. The molecule has 1 aliphatic carbocycles. The van der Waals surface area contributed by atoms with Crippen LogP contribution in [0, 0.1) is 5.92 Å². The highest BCUT2D eigenvalue weighted by Gasteiger charge is 2.42. The van der Waals surface area contributed by atoms with Crippen LogP contribution in [0.2, 0.25) is 0 Å². The van der Waals surface area contributed by atoms with Gasteiger partial charge in [0.1, 0.15) is 0 Å². The van der Waals surface area contributed by atoms with Crippen molar-refractivity contribution in [1.29, 1.82) is 0 Å². The average Bonchev–Trinajstić information content (AvgIpc) is 2.16. The molecule has 1 saturated carbocycles. The summed E-state index contributed by atoms with van der Waals surface area (Å²) in [5.41, 5.74) is 2.90. The highest BCUT2D eigenvalue weighted by molar-refractivity contribution is 4.96. The molecule has 0 amide bonds. The molecule has 3 nitrogen and oxygen atoms in total. The van der Waals surface area contributed by atoms with Gasteiger partial charge in [0.25, 0.3) is 0 Å². The number of ether oxygens (including phenoxy) is 1. The lowest BCUT2D eigenvalue weighted by atomic mass is 9.71. The molecule has 3 N–H and O–H groups in total. The number of hydrogen-bond acceptors (Lipinski definition) is 3. The maximum absolute atomic E-state index is 5.70. The number of rotatable bonds is 6. The van der Waals surface area contributed by atoms with Gasteiger partial charge in [-0.2, -0.15) is 0 Å². The molecule has 1 rings (SSSR count). The first kappa shape index (κ1) is 12.0. The van der Waals surface area contributed by atoms with Crippen molar-refractivity contribution >= 4 is 0 Å². The van der Waals surface area contributed by atoms with Crippen LogP contribution in [-0.4, -0.2) is 18.8 Å². The summed E-state index contributed by atoms with van der Waals surface area (Å²) in [4.78, 5) is 0. The van der Waals surface area contributed by atoms with Crippen molar-refractivity contribution in [3.8, 4) is 0 Å². The fourth-order valence-corrected chi connectivity index (χ4v) is 2.60. The standard InChI is InChI=1S/C11H24N2O/c1-4-11(5-2,14-3)10(13-12)9-7-6-8-9/h9-10,13H,4-8,12H2,1-3H3. The van der Waals surface area contributed by atoms with Gasteiger partial charge in [-0.3, -0.25) is 11.3 Å². The molecule has 0 bridgehead atoms. The third-order valence-electron chi connectivity index (χ3n) is 3.97. The maximum Gasteiger partial charge on any atom is 0.0841 e. The van der Waals surface area contributed by atoms with E-state index in [1.807, 2.05) is 0 Å². The van der Waals surface area contributed by atoms with E-state index in [1.54, 1.807) is 7.11 Å². The van der Waals surface area contributed by atoms with Crippen molar-refractivity contribution in [3.63, 3.8) is 0 Å². The van der Waals surface area contributed by atoms with Crippen LogP contribution in [0.5, 0.6) is 0 Å². The Balaban J connectivity index is 2.70. The molecule has 1 unspecified atom stereocenters.